The van der Waals surface area contributed by atoms with Gasteiger partial charge in [-0.1, -0.05) is 23.7 Å². The number of carbonyl (C=O) groups is 2. The zero-order valence-corrected chi connectivity index (χ0v) is 23.8. The second kappa shape index (κ2) is 11.1. The van der Waals surface area contributed by atoms with Crippen molar-refractivity contribution < 1.29 is 32.6 Å². The van der Waals surface area contributed by atoms with Crippen LogP contribution in [0.4, 0.5) is 18.9 Å². The predicted octanol–water partition coefficient (Wildman–Crippen LogP) is 4.96. The Morgan fingerprint density at radius 2 is 1.80 bits per heavy atom. The number of hydrogen-bond donors (Lipinski definition) is 1. The largest absolute Gasteiger partial charge is 0.497 e. The highest BCUT2D eigenvalue weighted by Gasteiger charge is 2.62. The van der Waals surface area contributed by atoms with Crippen molar-refractivity contribution in [3.63, 3.8) is 0 Å². The highest BCUT2D eigenvalue weighted by molar-refractivity contribution is 6.34. The van der Waals surface area contributed by atoms with Gasteiger partial charge in [0, 0.05) is 52.0 Å². The molecule has 2 amide bonds. The van der Waals surface area contributed by atoms with Crippen molar-refractivity contribution in [2.75, 3.05) is 52.8 Å². The minimum Gasteiger partial charge on any atom is -0.497 e. The summed E-state index contributed by atoms with van der Waals surface area (Å²) in [6.07, 6.45) is -1.86. The van der Waals surface area contributed by atoms with Crippen LogP contribution in [0.15, 0.2) is 42.5 Å². The van der Waals surface area contributed by atoms with Gasteiger partial charge in [-0.05, 0) is 67.3 Å². The Morgan fingerprint density at radius 1 is 1.12 bits per heavy atom. The molecule has 218 valence electrons. The summed E-state index contributed by atoms with van der Waals surface area (Å²) < 4.78 is 47.2. The average Bonchev–Trinajstić information content (AvgIpc) is 3.60. The van der Waals surface area contributed by atoms with E-state index >= 15 is 0 Å². The summed E-state index contributed by atoms with van der Waals surface area (Å²) in [6.45, 7) is 1.70. The van der Waals surface area contributed by atoms with Gasteiger partial charge in [-0.3, -0.25) is 9.59 Å². The molecule has 0 bridgehead atoms. The fourth-order valence-corrected chi connectivity index (χ4v) is 6.02. The monoisotopic (exact) mass is 581 g/mol. The van der Waals surface area contributed by atoms with Crippen LogP contribution in [-0.4, -0.2) is 80.8 Å². The quantitative estimate of drug-likeness (QED) is 0.477. The molecule has 2 fully saturated rings. The van der Waals surface area contributed by atoms with Gasteiger partial charge in [0.15, 0.2) is 0 Å². The normalized spacial score (nSPS) is 19.6. The Kier molecular flexibility index (Phi) is 8.34. The van der Waals surface area contributed by atoms with Crippen molar-refractivity contribution in [2.24, 2.45) is 11.3 Å². The maximum absolute atomic E-state index is 14.1. The number of rotatable bonds is 8. The molecular formula is C29H35ClF3N3O4. The molecule has 1 aliphatic carbocycles. The van der Waals surface area contributed by atoms with Gasteiger partial charge in [-0.15, -0.1) is 0 Å². The molecule has 1 aliphatic heterocycles. The maximum Gasteiger partial charge on any atom is 0.430 e. The van der Waals surface area contributed by atoms with Crippen molar-refractivity contribution in [3.05, 3.63) is 58.6 Å². The van der Waals surface area contributed by atoms with Crippen molar-refractivity contribution in [2.45, 2.75) is 37.5 Å². The summed E-state index contributed by atoms with van der Waals surface area (Å²) in [5.74, 6) is -1.16. The van der Waals surface area contributed by atoms with E-state index in [1.54, 1.807) is 20.2 Å². The van der Waals surface area contributed by atoms with Gasteiger partial charge in [0.05, 0.1) is 17.7 Å². The second-order valence-corrected chi connectivity index (χ2v) is 11.5. The zero-order valence-electron chi connectivity index (χ0n) is 23.1. The summed E-state index contributed by atoms with van der Waals surface area (Å²) in [6, 6.07) is 10.3. The Labute approximate surface area is 237 Å². The number of nitrogens with zero attached hydrogens (tertiary/aromatic N) is 3. The van der Waals surface area contributed by atoms with E-state index in [-0.39, 0.29) is 23.6 Å². The topological polar surface area (TPSA) is 73.3 Å². The standard InChI is InChI=1S/C29H35ClF3N3O4/c1-34(2)25(37)23-9-8-21(17-24(23)30)36-14-11-27(12-15-36)18-20(27)10-13-35(3)26(38)28(39,29(31,32)33)19-6-5-7-22(16-19)40-4/h5-9,16-17,20,39H,10-15,18H2,1-4H3/t20-,28-/m1/s1. The van der Waals surface area contributed by atoms with E-state index in [1.165, 1.54) is 31.2 Å². The number of benzene rings is 2. The number of anilines is 1. The molecule has 0 aromatic heterocycles. The molecule has 0 unspecified atom stereocenters. The number of aliphatic hydroxyl groups is 1. The Hall–Kier alpha value is -2.98. The Bertz CT molecular complexity index is 1260. The van der Waals surface area contributed by atoms with Crippen LogP contribution in [0.25, 0.3) is 0 Å². The minimum atomic E-state index is -5.21. The molecular weight excluding hydrogens is 547 g/mol. The van der Waals surface area contributed by atoms with Gasteiger partial charge >= 0.3 is 6.18 Å². The third-order valence-corrected chi connectivity index (χ3v) is 8.75. The number of carbonyl (C=O) groups excluding carboxylic acids is 2. The summed E-state index contributed by atoms with van der Waals surface area (Å²) in [7, 11) is 5.95. The first kappa shape index (κ1) is 30.0. The van der Waals surface area contributed by atoms with Crippen LogP contribution >= 0.6 is 11.6 Å². The lowest BCUT2D eigenvalue weighted by molar-refractivity contribution is -0.261. The highest BCUT2D eigenvalue weighted by atomic mass is 35.5. The summed E-state index contributed by atoms with van der Waals surface area (Å²) >= 11 is 6.39. The number of amides is 2. The van der Waals surface area contributed by atoms with Crippen LogP contribution in [0.2, 0.25) is 5.02 Å². The molecule has 1 N–H and O–H groups in total. The molecule has 2 aliphatic rings. The minimum absolute atomic E-state index is 0.105. The van der Waals surface area contributed by atoms with Crippen molar-refractivity contribution in [1.82, 2.24) is 9.80 Å². The zero-order chi connectivity index (χ0) is 29.5. The molecule has 1 saturated carbocycles. The molecule has 2 aromatic rings. The van der Waals surface area contributed by atoms with E-state index < -0.39 is 23.2 Å². The first-order valence-electron chi connectivity index (χ1n) is 13.2. The van der Waals surface area contributed by atoms with Crippen molar-refractivity contribution in [3.8, 4) is 5.75 Å². The van der Waals surface area contributed by atoms with Crippen LogP contribution < -0.4 is 9.64 Å². The molecule has 40 heavy (non-hydrogen) atoms. The first-order valence-corrected chi connectivity index (χ1v) is 13.6. The molecule has 7 nitrogen and oxygen atoms in total. The first-order chi connectivity index (χ1) is 18.7. The number of piperidine rings is 1. The van der Waals surface area contributed by atoms with E-state index in [0.29, 0.717) is 22.9 Å². The molecule has 1 heterocycles. The van der Waals surface area contributed by atoms with Gasteiger partial charge in [-0.25, -0.2) is 0 Å². The van der Waals surface area contributed by atoms with Crippen LogP contribution in [-0.2, 0) is 10.4 Å². The van der Waals surface area contributed by atoms with E-state index in [0.717, 1.165) is 55.1 Å². The summed E-state index contributed by atoms with van der Waals surface area (Å²) in [5.41, 5.74) is -2.74. The molecule has 2 aromatic carbocycles. The third kappa shape index (κ3) is 5.61. The van der Waals surface area contributed by atoms with Crippen LogP contribution in [0, 0.1) is 11.3 Å². The van der Waals surface area contributed by atoms with E-state index in [2.05, 4.69) is 4.90 Å². The summed E-state index contributed by atoms with van der Waals surface area (Å²) in [5, 5.41) is 11.1. The molecule has 1 spiro atoms. The lowest BCUT2D eigenvalue weighted by atomic mass is 9.89. The molecule has 1 saturated heterocycles. The highest BCUT2D eigenvalue weighted by Crippen LogP contribution is 2.61. The predicted molar refractivity (Wildman–Crippen MR) is 147 cm³/mol. The molecule has 2 atom stereocenters. The van der Waals surface area contributed by atoms with Gasteiger partial charge in [0.25, 0.3) is 17.4 Å². The lowest BCUT2D eigenvalue weighted by Gasteiger charge is -2.35. The summed E-state index contributed by atoms with van der Waals surface area (Å²) in [4.78, 5) is 30.0. The van der Waals surface area contributed by atoms with Crippen molar-refractivity contribution in [1.29, 1.82) is 0 Å². The Balaban J connectivity index is 1.35. The number of alkyl halides is 3. The smallest absolute Gasteiger partial charge is 0.430 e. The third-order valence-electron chi connectivity index (χ3n) is 8.44. The van der Waals surface area contributed by atoms with Crippen LogP contribution in [0.1, 0.15) is 41.6 Å². The number of likely N-dealkylation sites (N-methyl/N-ethyl adjacent to an activating group) is 1. The number of ether oxygens (including phenoxy) is 1. The fourth-order valence-electron chi connectivity index (χ4n) is 5.76. The van der Waals surface area contributed by atoms with Gasteiger partial charge in [0.2, 0.25) is 0 Å². The van der Waals surface area contributed by atoms with Crippen LogP contribution in [0.5, 0.6) is 5.75 Å². The number of hydrogen-bond acceptors (Lipinski definition) is 5. The molecule has 4 rings (SSSR count). The van der Waals surface area contributed by atoms with Gasteiger partial charge in [0.1, 0.15) is 5.75 Å². The SMILES string of the molecule is COc1cccc([C@@](O)(C(=O)N(C)CC[C@@H]2CC23CCN(c2ccc(C(=O)N(C)C)c(Cl)c2)CC3)C(F)(F)F)c1. The molecule has 0 radical (unpaired) electrons. The number of methoxy groups -OCH3 is 1. The fraction of sp³-hybridized carbons (Fsp3) is 0.517. The van der Waals surface area contributed by atoms with Crippen LogP contribution in [0.3, 0.4) is 0 Å². The molecule has 11 heteroatoms. The number of halogens is 4. The van der Waals surface area contributed by atoms with Gasteiger partial charge in [-0.2, -0.15) is 13.2 Å². The maximum atomic E-state index is 14.1. The van der Waals surface area contributed by atoms with Gasteiger partial charge < -0.3 is 24.5 Å². The van der Waals surface area contributed by atoms with Crippen molar-refractivity contribution >= 4 is 29.1 Å². The van der Waals surface area contributed by atoms with E-state index in [4.69, 9.17) is 16.3 Å². The van der Waals surface area contributed by atoms with E-state index in [9.17, 15) is 27.9 Å². The Morgan fingerprint density at radius 3 is 2.38 bits per heavy atom. The average molecular weight is 582 g/mol. The van der Waals surface area contributed by atoms with E-state index in [1.807, 2.05) is 12.1 Å². The second-order valence-electron chi connectivity index (χ2n) is 11.1. The lowest BCUT2D eigenvalue weighted by Crippen LogP contribution is -2.55.